The molecule has 0 aliphatic carbocycles. The molecule has 1 aromatic heterocycles. The zero-order valence-electron chi connectivity index (χ0n) is 13.9. The van der Waals surface area contributed by atoms with Gasteiger partial charge in [-0.25, -0.2) is 4.79 Å². The summed E-state index contributed by atoms with van der Waals surface area (Å²) in [6, 6.07) is 11.7. The van der Waals surface area contributed by atoms with Crippen molar-refractivity contribution in [2.24, 2.45) is 0 Å². The van der Waals surface area contributed by atoms with Crippen LogP contribution in [-0.2, 0) is 10.3 Å². The van der Waals surface area contributed by atoms with Gasteiger partial charge in [0.15, 0.2) is 5.54 Å². The lowest BCUT2D eigenvalue weighted by Gasteiger charge is -2.19. The highest BCUT2D eigenvalue weighted by molar-refractivity contribution is 6.06. The Bertz CT molecular complexity index is 867. The molecule has 1 aliphatic rings. The predicted molar refractivity (Wildman–Crippen MR) is 87.7 cm³/mol. The van der Waals surface area contributed by atoms with Crippen LogP contribution in [0.2, 0.25) is 0 Å². The second-order valence-corrected chi connectivity index (χ2v) is 5.88. The van der Waals surface area contributed by atoms with E-state index in [4.69, 9.17) is 14.4 Å². The number of rotatable bonds is 5. The third-order valence-corrected chi connectivity index (χ3v) is 4.09. The maximum Gasteiger partial charge on any atom is 0.325 e. The summed E-state index contributed by atoms with van der Waals surface area (Å²) in [4.78, 5) is 26.0. The maximum absolute atomic E-state index is 12.7. The molecule has 7 nitrogen and oxygen atoms in total. The number of nitriles is 1. The SMILES string of the molecule is Cc1ccc([C@@]2(C)NC(=O)N(CCOc3ccccc3C#N)C2=O)o1. The Morgan fingerprint density at radius 3 is 2.72 bits per heavy atom. The molecule has 1 aromatic carbocycles. The van der Waals surface area contributed by atoms with Gasteiger partial charge in [-0.1, -0.05) is 12.1 Å². The second kappa shape index (κ2) is 6.32. The van der Waals surface area contributed by atoms with Crippen LogP contribution in [0.15, 0.2) is 40.8 Å². The molecule has 2 heterocycles. The fourth-order valence-corrected chi connectivity index (χ4v) is 2.70. The topological polar surface area (TPSA) is 95.6 Å². The Kier molecular flexibility index (Phi) is 4.19. The number of hydrogen-bond donors (Lipinski definition) is 1. The molecule has 0 saturated carbocycles. The number of imide groups is 1. The summed E-state index contributed by atoms with van der Waals surface area (Å²) in [5, 5.41) is 11.7. The smallest absolute Gasteiger partial charge is 0.325 e. The summed E-state index contributed by atoms with van der Waals surface area (Å²) in [6.07, 6.45) is 0. The van der Waals surface area contributed by atoms with Crippen molar-refractivity contribution in [3.63, 3.8) is 0 Å². The van der Waals surface area contributed by atoms with Crippen molar-refractivity contribution >= 4 is 11.9 Å². The lowest BCUT2D eigenvalue weighted by Crippen LogP contribution is -2.41. The van der Waals surface area contributed by atoms with Crippen LogP contribution in [0.5, 0.6) is 5.75 Å². The lowest BCUT2D eigenvalue weighted by molar-refractivity contribution is -0.131. The van der Waals surface area contributed by atoms with Crippen molar-refractivity contribution in [1.82, 2.24) is 10.2 Å². The number of nitrogens with one attached hydrogen (secondary N) is 1. The van der Waals surface area contributed by atoms with Crippen molar-refractivity contribution in [3.05, 3.63) is 53.5 Å². The summed E-state index contributed by atoms with van der Waals surface area (Å²) in [5.74, 6) is 1.07. The van der Waals surface area contributed by atoms with Crippen molar-refractivity contribution in [3.8, 4) is 11.8 Å². The second-order valence-electron chi connectivity index (χ2n) is 5.88. The summed E-state index contributed by atoms with van der Waals surface area (Å²) in [6.45, 7) is 3.54. The number of carbonyl (C=O) groups excluding carboxylic acids is 2. The highest BCUT2D eigenvalue weighted by atomic mass is 16.5. The maximum atomic E-state index is 12.7. The van der Waals surface area contributed by atoms with E-state index in [1.165, 1.54) is 0 Å². The van der Waals surface area contributed by atoms with Crippen LogP contribution in [0, 0.1) is 18.3 Å². The van der Waals surface area contributed by atoms with Gasteiger partial charge in [0.2, 0.25) is 0 Å². The molecule has 1 N–H and O–H groups in total. The molecular weight excluding hydrogens is 322 g/mol. The number of furan rings is 1. The van der Waals surface area contributed by atoms with Crippen molar-refractivity contribution in [1.29, 1.82) is 5.26 Å². The van der Waals surface area contributed by atoms with E-state index in [1.54, 1.807) is 50.2 Å². The lowest BCUT2D eigenvalue weighted by atomic mass is 9.99. The van der Waals surface area contributed by atoms with Gasteiger partial charge in [-0.3, -0.25) is 9.69 Å². The van der Waals surface area contributed by atoms with Crippen LogP contribution in [-0.4, -0.2) is 30.0 Å². The Morgan fingerprint density at radius 1 is 1.28 bits per heavy atom. The molecule has 0 unspecified atom stereocenters. The van der Waals surface area contributed by atoms with Gasteiger partial charge < -0.3 is 14.5 Å². The molecule has 3 amide bonds. The number of carbonyl (C=O) groups is 2. The largest absolute Gasteiger partial charge is 0.490 e. The first-order chi connectivity index (χ1) is 12.0. The minimum absolute atomic E-state index is 0.0692. The molecule has 3 rings (SSSR count). The monoisotopic (exact) mass is 339 g/mol. The van der Waals surface area contributed by atoms with Gasteiger partial charge in [0.1, 0.15) is 29.9 Å². The van der Waals surface area contributed by atoms with Crippen LogP contribution in [0.4, 0.5) is 4.79 Å². The van der Waals surface area contributed by atoms with E-state index in [2.05, 4.69) is 5.32 Å². The van der Waals surface area contributed by atoms with Gasteiger partial charge in [0.25, 0.3) is 5.91 Å². The average molecular weight is 339 g/mol. The molecule has 128 valence electrons. The normalized spacial score (nSPS) is 19.6. The molecule has 1 saturated heterocycles. The molecular formula is C18H17N3O4. The molecule has 1 aliphatic heterocycles. The Morgan fingerprint density at radius 2 is 2.04 bits per heavy atom. The van der Waals surface area contributed by atoms with Gasteiger partial charge >= 0.3 is 6.03 Å². The first-order valence-corrected chi connectivity index (χ1v) is 7.78. The number of hydrogen-bond acceptors (Lipinski definition) is 5. The van der Waals surface area contributed by atoms with Crippen molar-refractivity contribution in [2.75, 3.05) is 13.2 Å². The Labute approximate surface area is 144 Å². The first-order valence-electron chi connectivity index (χ1n) is 7.78. The van der Waals surface area contributed by atoms with Crippen molar-refractivity contribution < 1.29 is 18.7 Å². The molecule has 0 bridgehead atoms. The molecule has 0 spiro atoms. The van der Waals surface area contributed by atoms with Crippen molar-refractivity contribution in [2.45, 2.75) is 19.4 Å². The van der Waals surface area contributed by atoms with Crippen LogP contribution in [0.3, 0.4) is 0 Å². The highest BCUT2D eigenvalue weighted by Crippen LogP contribution is 2.30. The van der Waals surface area contributed by atoms with E-state index in [0.717, 1.165) is 4.90 Å². The van der Waals surface area contributed by atoms with E-state index >= 15 is 0 Å². The van der Waals surface area contributed by atoms with Gasteiger partial charge in [-0.15, -0.1) is 0 Å². The third kappa shape index (κ3) is 2.94. The molecule has 25 heavy (non-hydrogen) atoms. The van der Waals surface area contributed by atoms with E-state index in [1.807, 2.05) is 6.07 Å². The van der Waals surface area contributed by atoms with E-state index in [0.29, 0.717) is 22.8 Å². The predicted octanol–water partition coefficient (Wildman–Crippen LogP) is 2.31. The number of para-hydroxylation sites is 1. The van der Waals surface area contributed by atoms with E-state index in [-0.39, 0.29) is 13.2 Å². The molecule has 0 radical (unpaired) electrons. The first kappa shape index (κ1) is 16.6. The van der Waals surface area contributed by atoms with Crippen LogP contribution in [0.1, 0.15) is 24.0 Å². The zero-order valence-corrected chi connectivity index (χ0v) is 13.9. The molecule has 7 heteroatoms. The summed E-state index contributed by atoms with van der Waals surface area (Å²) < 4.78 is 11.1. The fourth-order valence-electron chi connectivity index (χ4n) is 2.70. The summed E-state index contributed by atoms with van der Waals surface area (Å²) in [5.41, 5.74) is -0.828. The van der Waals surface area contributed by atoms with Gasteiger partial charge in [0, 0.05) is 0 Å². The number of nitrogens with zero attached hydrogens (tertiary/aromatic N) is 2. The quantitative estimate of drug-likeness (QED) is 0.843. The number of benzene rings is 1. The Balaban J connectivity index is 1.68. The minimum atomic E-state index is -1.23. The standard InChI is InChI=1S/C18H17N3O4/c1-12-7-8-15(25-12)18(2)16(22)21(17(23)20-18)9-10-24-14-6-4-3-5-13(14)11-19/h3-8H,9-10H2,1-2H3,(H,20,23)/t18-/m1/s1. The molecule has 1 atom stereocenters. The van der Waals surface area contributed by atoms with E-state index < -0.39 is 17.5 Å². The third-order valence-electron chi connectivity index (χ3n) is 4.09. The zero-order chi connectivity index (χ0) is 18.0. The van der Waals surface area contributed by atoms with Gasteiger partial charge in [-0.2, -0.15) is 5.26 Å². The van der Waals surface area contributed by atoms with Crippen LogP contribution in [0.25, 0.3) is 0 Å². The molecule has 1 fully saturated rings. The van der Waals surface area contributed by atoms with Crippen LogP contribution < -0.4 is 10.1 Å². The summed E-state index contributed by atoms with van der Waals surface area (Å²) >= 11 is 0. The van der Waals surface area contributed by atoms with Gasteiger partial charge in [-0.05, 0) is 38.1 Å². The summed E-state index contributed by atoms with van der Waals surface area (Å²) in [7, 11) is 0. The Hall–Kier alpha value is -3.27. The molecule has 2 aromatic rings. The van der Waals surface area contributed by atoms with E-state index in [9.17, 15) is 9.59 Å². The number of ether oxygens (including phenoxy) is 1. The number of urea groups is 1. The highest BCUT2D eigenvalue weighted by Gasteiger charge is 2.50. The van der Waals surface area contributed by atoms with Gasteiger partial charge in [0.05, 0.1) is 12.1 Å². The number of amides is 3. The van der Waals surface area contributed by atoms with Crippen LogP contribution >= 0.6 is 0 Å². The minimum Gasteiger partial charge on any atom is -0.490 e. The average Bonchev–Trinajstić information content (AvgIpc) is 3.13. The number of aryl methyl sites for hydroxylation is 1. The fraction of sp³-hybridized carbons (Fsp3) is 0.278.